The first-order valence-electron chi connectivity index (χ1n) is 8.80. The maximum Gasteiger partial charge on any atom is 0.251 e. The van der Waals surface area contributed by atoms with Crippen molar-refractivity contribution in [3.8, 4) is 11.5 Å². The van der Waals surface area contributed by atoms with E-state index in [0.717, 1.165) is 12.2 Å². The van der Waals surface area contributed by atoms with Gasteiger partial charge in [0.1, 0.15) is 0 Å². The zero-order valence-electron chi connectivity index (χ0n) is 15.9. The molecular weight excluding hydrogens is 340 g/mol. The summed E-state index contributed by atoms with van der Waals surface area (Å²) in [6.07, 6.45) is 2.03. The molecule has 0 radical (unpaired) electrons. The number of carbonyl (C=O) groups excluding carboxylic acids is 1. The lowest BCUT2D eigenvalue weighted by atomic mass is 10.1. The number of methoxy groups -OCH3 is 2. The predicted octanol–water partition coefficient (Wildman–Crippen LogP) is 3.79. The Morgan fingerprint density at radius 2 is 1.81 bits per heavy atom. The molecule has 0 spiro atoms. The van der Waals surface area contributed by atoms with Crippen molar-refractivity contribution in [3.05, 3.63) is 83.2 Å². The summed E-state index contributed by atoms with van der Waals surface area (Å²) in [5, 5.41) is 2.97. The predicted molar refractivity (Wildman–Crippen MR) is 105 cm³/mol. The number of aromatic nitrogens is 1. The SMILES string of the molecule is COc1ccc(C(=O)NCc2cccn2Cc2cccc(C)c2)cc1OC. The number of aryl methyl sites for hydroxylation is 1. The molecular formula is C22H24N2O3. The number of benzene rings is 2. The van der Waals surface area contributed by atoms with Gasteiger partial charge in [0.2, 0.25) is 0 Å². The van der Waals surface area contributed by atoms with E-state index in [0.29, 0.717) is 23.6 Å². The first-order chi connectivity index (χ1) is 13.1. The number of hydrogen-bond acceptors (Lipinski definition) is 3. The van der Waals surface area contributed by atoms with Crippen LogP contribution >= 0.6 is 0 Å². The van der Waals surface area contributed by atoms with Gasteiger partial charge in [0.25, 0.3) is 5.91 Å². The smallest absolute Gasteiger partial charge is 0.251 e. The molecule has 3 aromatic rings. The summed E-state index contributed by atoms with van der Waals surface area (Å²) in [5.41, 5.74) is 4.05. The van der Waals surface area contributed by atoms with Gasteiger partial charge in [0.05, 0.1) is 20.8 Å². The molecule has 0 saturated heterocycles. The highest BCUT2D eigenvalue weighted by Crippen LogP contribution is 2.27. The molecule has 5 heteroatoms. The zero-order chi connectivity index (χ0) is 19.2. The van der Waals surface area contributed by atoms with Gasteiger partial charge in [-0.3, -0.25) is 4.79 Å². The van der Waals surface area contributed by atoms with E-state index >= 15 is 0 Å². The highest BCUT2D eigenvalue weighted by Gasteiger charge is 2.11. The molecule has 0 aliphatic heterocycles. The monoisotopic (exact) mass is 364 g/mol. The van der Waals surface area contributed by atoms with Crippen molar-refractivity contribution in [1.29, 1.82) is 0 Å². The highest BCUT2D eigenvalue weighted by molar-refractivity contribution is 5.94. The van der Waals surface area contributed by atoms with Gasteiger partial charge in [0.15, 0.2) is 11.5 Å². The Hall–Kier alpha value is -3.21. The minimum Gasteiger partial charge on any atom is -0.493 e. The van der Waals surface area contributed by atoms with Gasteiger partial charge in [-0.05, 0) is 42.8 Å². The molecule has 0 unspecified atom stereocenters. The number of carbonyl (C=O) groups is 1. The van der Waals surface area contributed by atoms with Gasteiger partial charge in [-0.15, -0.1) is 0 Å². The molecule has 2 aromatic carbocycles. The van der Waals surface area contributed by atoms with E-state index in [2.05, 4.69) is 41.1 Å². The van der Waals surface area contributed by atoms with Gasteiger partial charge < -0.3 is 19.4 Å². The molecule has 0 saturated carbocycles. The second-order valence-electron chi connectivity index (χ2n) is 6.37. The van der Waals surface area contributed by atoms with Crippen LogP contribution in [0.1, 0.15) is 27.2 Å². The summed E-state index contributed by atoms with van der Waals surface area (Å²) in [4.78, 5) is 12.5. The van der Waals surface area contributed by atoms with E-state index < -0.39 is 0 Å². The van der Waals surface area contributed by atoms with E-state index in [9.17, 15) is 4.79 Å². The molecule has 1 aromatic heterocycles. The maximum absolute atomic E-state index is 12.5. The van der Waals surface area contributed by atoms with Crippen molar-refractivity contribution < 1.29 is 14.3 Å². The van der Waals surface area contributed by atoms with Crippen molar-refractivity contribution in [2.75, 3.05) is 14.2 Å². The van der Waals surface area contributed by atoms with Gasteiger partial charge in [-0.1, -0.05) is 29.8 Å². The van der Waals surface area contributed by atoms with Crippen LogP contribution in [0.3, 0.4) is 0 Å². The number of hydrogen-bond donors (Lipinski definition) is 1. The molecule has 1 N–H and O–H groups in total. The fourth-order valence-electron chi connectivity index (χ4n) is 3.02. The Balaban J connectivity index is 1.67. The van der Waals surface area contributed by atoms with Gasteiger partial charge >= 0.3 is 0 Å². The number of ether oxygens (including phenoxy) is 2. The van der Waals surface area contributed by atoms with Crippen molar-refractivity contribution in [3.63, 3.8) is 0 Å². The molecule has 27 heavy (non-hydrogen) atoms. The molecule has 0 atom stereocenters. The third-order valence-corrected chi connectivity index (χ3v) is 4.43. The van der Waals surface area contributed by atoms with Crippen LogP contribution in [0.25, 0.3) is 0 Å². The molecule has 0 fully saturated rings. The molecule has 1 amide bonds. The Morgan fingerprint density at radius 3 is 2.56 bits per heavy atom. The number of rotatable bonds is 7. The lowest BCUT2D eigenvalue weighted by molar-refractivity contribution is 0.0949. The number of amides is 1. The quantitative estimate of drug-likeness (QED) is 0.694. The number of nitrogens with one attached hydrogen (secondary N) is 1. The van der Waals surface area contributed by atoms with Crippen LogP contribution in [0.5, 0.6) is 11.5 Å². The van der Waals surface area contributed by atoms with Crippen LogP contribution in [-0.4, -0.2) is 24.7 Å². The van der Waals surface area contributed by atoms with Crippen molar-refractivity contribution in [2.24, 2.45) is 0 Å². The summed E-state index contributed by atoms with van der Waals surface area (Å²) < 4.78 is 12.6. The lowest BCUT2D eigenvalue weighted by Gasteiger charge is -2.12. The summed E-state index contributed by atoms with van der Waals surface area (Å²) in [7, 11) is 3.12. The Bertz CT molecular complexity index is 931. The van der Waals surface area contributed by atoms with Gasteiger partial charge in [0, 0.05) is 24.0 Å². The molecule has 1 heterocycles. The Kier molecular flexibility index (Phi) is 5.81. The van der Waals surface area contributed by atoms with Crippen LogP contribution in [-0.2, 0) is 13.1 Å². The van der Waals surface area contributed by atoms with Crippen molar-refractivity contribution in [2.45, 2.75) is 20.0 Å². The first-order valence-corrected chi connectivity index (χ1v) is 8.80. The summed E-state index contributed by atoms with van der Waals surface area (Å²) in [6.45, 7) is 3.31. The van der Waals surface area contributed by atoms with Crippen LogP contribution < -0.4 is 14.8 Å². The molecule has 5 nitrogen and oxygen atoms in total. The first kappa shape index (κ1) is 18.6. The summed E-state index contributed by atoms with van der Waals surface area (Å²) in [5.74, 6) is 0.980. The third-order valence-electron chi connectivity index (χ3n) is 4.43. The van der Waals surface area contributed by atoms with Crippen LogP contribution in [0.15, 0.2) is 60.8 Å². The minimum absolute atomic E-state index is 0.153. The van der Waals surface area contributed by atoms with Gasteiger partial charge in [-0.2, -0.15) is 0 Å². The van der Waals surface area contributed by atoms with E-state index in [1.54, 1.807) is 32.4 Å². The summed E-state index contributed by atoms with van der Waals surface area (Å²) in [6, 6.07) is 17.6. The second kappa shape index (κ2) is 8.45. The standard InChI is InChI=1S/C22H24N2O3/c1-16-6-4-7-17(12-16)15-24-11-5-8-19(24)14-23-22(25)18-9-10-20(26-2)21(13-18)27-3/h4-13H,14-15H2,1-3H3,(H,23,25). The molecule has 0 aliphatic carbocycles. The maximum atomic E-state index is 12.5. The van der Waals surface area contributed by atoms with Crippen LogP contribution in [0.2, 0.25) is 0 Å². The third kappa shape index (κ3) is 4.50. The second-order valence-corrected chi connectivity index (χ2v) is 6.37. The average Bonchev–Trinajstić information content (AvgIpc) is 3.12. The van der Waals surface area contributed by atoms with E-state index in [1.807, 2.05) is 18.3 Å². The van der Waals surface area contributed by atoms with Gasteiger partial charge in [-0.25, -0.2) is 0 Å². The highest BCUT2D eigenvalue weighted by atomic mass is 16.5. The van der Waals surface area contributed by atoms with E-state index in [-0.39, 0.29) is 5.91 Å². The topological polar surface area (TPSA) is 52.5 Å². The van der Waals surface area contributed by atoms with Crippen LogP contribution in [0.4, 0.5) is 0 Å². The fourth-order valence-corrected chi connectivity index (χ4v) is 3.02. The summed E-state index contributed by atoms with van der Waals surface area (Å²) >= 11 is 0. The normalized spacial score (nSPS) is 10.5. The number of nitrogens with zero attached hydrogens (tertiary/aromatic N) is 1. The van der Waals surface area contributed by atoms with E-state index in [1.165, 1.54) is 11.1 Å². The molecule has 140 valence electrons. The Morgan fingerprint density at radius 1 is 1.00 bits per heavy atom. The fraction of sp³-hybridized carbons (Fsp3) is 0.227. The lowest BCUT2D eigenvalue weighted by Crippen LogP contribution is -2.24. The van der Waals surface area contributed by atoms with E-state index in [4.69, 9.17) is 9.47 Å². The van der Waals surface area contributed by atoms with Crippen molar-refractivity contribution in [1.82, 2.24) is 9.88 Å². The van der Waals surface area contributed by atoms with Crippen molar-refractivity contribution >= 4 is 5.91 Å². The minimum atomic E-state index is -0.153. The molecule has 0 aliphatic rings. The molecule has 0 bridgehead atoms. The Labute approximate surface area is 159 Å². The molecule has 3 rings (SSSR count). The zero-order valence-corrected chi connectivity index (χ0v) is 15.9. The average molecular weight is 364 g/mol. The van der Waals surface area contributed by atoms with Crippen LogP contribution in [0, 0.1) is 6.92 Å². The largest absolute Gasteiger partial charge is 0.493 e.